The number of benzene rings is 2. The van der Waals surface area contributed by atoms with E-state index in [4.69, 9.17) is 0 Å². The summed E-state index contributed by atoms with van der Waals surface area (Å²) in [5.41, 5.74) is 1.71. The maximum atomic E-state index is 12.2. The molecule has 0 unspecified atom stereocenters. The van der Waals surface area contributed by atoms with Crippen molar-refractivity contribution in [3.8, 4) is 0 Å². The van der Waals surface area contributed by atoms with Crippen LogP contribution in [0.4, 0.5) is 0 Å². The predicted molar refractivity (Wildman–Crippen MR) is 87.8 cm³/mol. The molecule has 3 aromatic rings. The molecule has 0 bridgehead atoms. The zero-order chi connectivity index (χ0) is 14.5. The minimum Gasteiger partial charge on any atom is -0.361 e. The van der Waals surface area contributed by atoms with Crippen molar-refractivity contribution in [3.63, 3.8) is 0 Å². The van der Waals surface area contributed by atoms with Crippen molar-refractivity contribution in [2.75, 3.05) is 12.3 Å². The lowest BCUT2D eigenvalue weighted by molar-refractivity contribution is 0.0958. The highest BCUT2D eigenvalue weighted by Crippen LogP contribution is 2.18. The zero-order valence-corrected chi connectivity index (χ0v) is 12.3. The quantitative estimate of drug-likeness (QED) is 0.557. The summed E-state index contributed by atoms with van der Waals surface area (Å²) in [7, 11) is 0. The van der Waals surface area contributed by atoms with Crippen LogP contribution in [0.15, 0.2) is 65.7 Å². The number of aromatic amines is 1. The van der Waals surface area contributed by atoms with Crippen molar-refractivity contribution in [1.82, 2.24) is 10.3 Å². The van der Waals surface area contributed by atoms with E-state index in [0.29, 0.717) is 6.54 Å². The van der Waals surface area contributed by atoms with Crippen LogP contribution < -0.4 is 5.32 Å². The Morgan fingerprint density at radius 1 is 1.05 bits per heavy atom. The number of nitrogens with one attached hydrogen (secondary N) is 2. The third kappa shape index (κ3) is 3.28. The number of thioether (sulfide) groups is 1. The molecule has 0 spiro atoms. The summed E-state index contributed by atoms with van der Waals surface area (Å²) in [6.07, 6.45) is 1.85. The summed E-state index contributed by atoms with van der Waals surface area (Å²) < 4.78 is 0. The van der Waals surface area contributed by atoms with E-state index in [0.717, 1.165) is 22.2 Å². The summed E-state index contributed by atoms with van der Waals surface area (Å²) in [4.78, 5) is 16.6. The highest BCUT2D eigenvalue weighted by Gasteiger charge is 2.09. The van der Waals surface area contributed by atoms with E-state index >= 15 is 0 Å². The van der Waals surface area contributed by atoms with Crippen LogP contribution in [-0.4, -0.2) is 23.2 Å². The number of hydrogen-bond acceptors (Lipinski definition) is 2. The van der Waals surface area contributed by atoms with Gasteiger partial charge in [0, 0.05) is 39.9 Å². The van der Waals surface area contributed by atoms with Gasteiger partial charge in [-0.15, -0.1) is 11.8 Å². The highest BCUT2D eigenvalue weighted by molar-refractivity contribution is 7.99. The molecule has 2 N–H and O–H groups in total. The van der Waals surface area contributed by atoms with Crippen LogP contribution in [-0.2, 0) is 0 Å². The second-order valence-electron chi connectivity index (χ2n) is 4.66. The topological polar surface area (TPSA) is 44.9 Å². The van der Waals surface area contributed by atoms with Gasteiger partial charge >= 0.3 is 0 Å². The molecule has 0 atom stereocenters. The largest absolute Gasteiger partial charge is 0.361 e. The van der Waals surface area contributed by atoms with Crippen molar-refractivity contribution in [2.45, 2.75) is 4.90 Å². The molecule has 1 aromatic heterocycles. The molecular formula is C17H16N2OS. The molecule has 0 fully saturated rings. The third-order valence-electron chi connectivity index (χ3n) is 3.24. The number of carbonyl (C=O) groups is 1. The molecule has 1 heterocycles. The lowest BCUT2D eigenvalue weighted by Gasteiger charge is -2.06. The number of carbonyl (C=O) groups excluding carboxylic acids is 1. The van der Waals surface area contributed by atoms with Gasteiger partial charge in [-0.2, -0.15) is 0 Å². The van der Waals surface area contributed by atoms with E-state index in [1.165, 1.54) is 4.90 Å². The van der Waals surface area contributed by atoms with Crippen LogP contribution in [0, 0.1) is 0 Å². The fraction of sp³-hybridized carbons (Fsp3) is 0.118. The summed E-state index contributed by atoms with van der Waals surface area (Å²) in [5.74, 6) is 0.840. The summed E-state index contributed by atoms with van der Waals surface area (Å²) >= 11 is 1.74. The van der Waals surface area contributed by atoms with Crippen LogP contribution in [0.5, 0.6) is 0 Å². The van der Waals surface area contributed by atoms with Crippen molar-refractivity contribution in [2.24, 2.45) is 0 Å². The molecule has 4 heteroatoms. The average Bonchev–Trinajstić information content (AvgIpc) is 3.01. The van der Waals surface area contributed by atoms with Gasteiger partial charge in [0.15, 0.2) is 0 Å². The molecule has 0 saturated carbocycles. The minimum atomic E-state index is -0.0196. The molecule has 2 aromatic carbocycles. The molecule has 106 valence electrons. The SMILES string of the molecule is O=C(NCCSc1ccccc1)c1cccc2[nH]ccc12. The lowest BCUT2D eigenvalue weighted by atomic mass is 10.1. The van der Waals surface area contributed by atoms with Gasteiger partial charge in [0.1, 0.15) is 0 Å². The molecule has 3 nitrogen and oxygen atoms in total. The van der Waals surface area contributed by atoms with Crippen molar-refractivity contribution >= 4 is 28.6 Å². The molecular weight excluding hydrogens is 280 g/mol. The average molecular weight is 296 g/mol. The summed E-state index contributed by atoms with van der Waals surface area (Å²) in [6.45, 7) is 0.652. The third-order valence-corrected chi connectivity index (χ3v) is 4.25. The molecule has 0 radical (unpaired) electrons. The van der Waals surface area contributed by atoms with Gasteiger partial charge in [-0.3, -0.25) is 4.79 Å². The molecule has 0 aliphatic rings. The normalized spacial score (nSPS) is 10.7. The van der Waals surface area contributed by atoms with Crippen molar-refractivity contribution in [3.05, 3.63) is 66.4 Å². The van der Waals surface area contributed by atoms with E-state index in [1.807, 2.05) is 48.7 Å². The first-order valence-electron chi connectivity index (χ1n) is 6.87. The maximum absolute atomic E-state index is 12.2. The second-order valence-corrected chi connectivity index (χ2v) is 5.83. The minimum absolute atomic E-state index is 0.0196. The maximum Gasteiger partial charge on any atom is 0.251 e. The molecule has 0 aliphatic carbocycles. The van der Waals surface area contributed by atoms with Crippen LogP contribution in [0.1, 0.15) is 10.4 Å². The van der Waals surface area contributed by atoms with Gasteiger partial charge in [-0.25, -0.2) is 0 Å². The summed E-state index contributed by atoms with van der Waals surface area (Å²) in [5, 5.41) is 3.94. The van der Waals surface area contributed by atoms with Gasteiger partial charge in [-0.1, -0.05) is 24.3 Å². The standard InChI is InChI=1S/C17H16N2OS/c20-17(15-7-4-8-16-14(15)9-10-18-16)19-11-12-21-13-5-2-1-3-6-13/h1-10,18H,11-12H2,(H,19,20). The Balaban J connectivity index is 1.56. The van der Waals surface area contributed by atoms with Crippen LogP contribution in [0.25, 0.3) is 10.9 Å². The van der Waals surface area contributed by atoms with Gasteiger partial charge in [0.2, 0.25) is 0 Å². The van der Waals surface area contributed by atoms with Crippen molar-refractivity contribution < 1.29 is 4.79 Å². The number of H-pyrrole nitrogens is 1. The Labute approximate surface area is 127 Å². The molecule has 0 aliphatic heterocycles. The van der Waals surface area contributed by atoms with Crippen LogP contribution >= 0.6 is 11.8 Å². The number of hydrogen-bond donors (Lipinski definition) is 2. The first-order chi connectivity index (χ1) is 10.3. The fourth-order valence-corrected chi connectivity index (χ4v) is 3.02. The predicted octanol–water partition coefficient (Wildman–Crippen LogP) is 3.69. The number of amides is 1. The fourth-order valence-electron chi connectivity index (χ4n) is 2.23. The zero-order valence-electron chi connectivity index (χ0n) is 11.5. The first kappa shape index (κ1) is 13.8. The molecule has 21 heavy (non-hydrogen) atoms. The number of fused-ring (bicyclic) bond motifs is 1. The van der Waals surface area contributed by atoms with Gasteiger partial charge in [0.25, 0.3) is 5.91 Å². The van der Waals surface area contributed by atoms with E-state index in [-0.39, 0.29) is 5.91 Å². The van der Waals surface area contributed by atoms with Gasteiger partial charge in [0.05, 0.1) is 0 Å². The smallest absolute Gasteiger partial charge is 0.251 e. The Kier molecular flexibility index (Phi) is 4.26. The Morgan fingerprint density at radius 3 is 2.76 bits per heavy atom. The summed E-state index contributed by atoms with van der Waals surface area (Å²) in [6, 6.07) is 17.9. The molecule has 1 amide bonds. The van der Waals surface area contributed by atoms with E-state index in [2.05, 4.69) is 22.4 Å². The van der Waals surface area contributed by atoms with E-state index in [1.54, 1.807) is 11.8 Å². The monoisotopic (exact) mass is 296 g/mol. The number of rotatable bonds is 5. The van der Waals surface area contributed by atoms with E-state index < -0.39 is 0 Å². The lowest BCUT2D eigenvalue weighted by Crippen LogP contribution is -2.25. The van der Waals surface area contributed by atoms with Gasteiger partial charge in [-0.05, 0) is 30.3 Å². The van der Waals surface area contributed by atoms with E-state index in [9.17, 15) is 4.79 Å². The second kappa shape index (κ2) is 6.50. The number of aromatic nitrogens is 1. The Hall–Kier alpha value is -2.20. The highest BCUT2D eigenvalue weighted by atomic mass is 32.2. The van der Waals surface area contributed by atoms with Crippen molar-refractivity contribution in [1.29, 1.82) is 0 Å². The van der Waals surface area contributed by atoms with Crippen LogP contribution in [0.3, 0.4) is 0 Å². The first-order valence-corrected chi connectivity index (χ1v) is 7.85. The Bertz CT molecular complexity index is 737. The molecule has 0 saturated heterocycles. The van der Waals surface area contributed by atoms with Crippen LogP contribution in [0.2, 0.25) is 0 Å². The molecule has 3 rings (SSSR count). The Morgan fingerprint density at radius 2 is 1.90 bits per heavy atom. The van der Waals surface area contributed by atoms with Gasteiger partial charge < -0.3 is 10.3 Å².